The van der Waals surface area contributed by atoms with Gasteiger partial charge >= 0.3 is 0 Å². The zero-order chi connectivity index (χ0) is 20.4. The summed E-state index contributed by atoms with van der Waals surface area (Å²) >= 11 is 5.95. The second-order valence-corrected chi connectivity index (χ2v) is 7.76. The minimum absolute atomic E-state index is 0.194. The second kappa shape index (κ2) is 8.10. The Balaban J connectivity index is 1.45. The maximum Gasteiger partial charge on any atom is 0.255 e. The molecule has 0 saturated carbocycles. The Bertz CT molecular complexity index is 1160. The number of amides is 1. The summed E-state index contributed by atoms with van der Waals surface area (Å²) in [6, 6.07) is 20.7. The van der Waals surface area contributed by atoms with E-state index >= 15 is 0 Å². The molecule has 5 heteroatoms. The highest BCUT2D eigenvalue weighted by atomic mass is 35.5. The molecule has 1 N–H and O–H groups in total. The van der Waals surface area contributed by atoms with Crippen molar-refractivity contribution in [2.24, 2.45) is 0 Å². The van der Waals surface area contributed by atoms with Crippen molar-refractivity contribution in [3.63, 3.8) is 0 Å². The molecule has 0 spiro atoms. The standard InChI is InChI=1S/C24H21ClN2O2/c1-15(2)17-8-11-22-21(14-17)27-23(29-22)12-16-6-9-20(10-7-16)26-24(28)18-4-3-5-19(25)13-18/h3-11,13-15H,12H2,1-2H3,(H,26,28). The quantitative estimate of drug-likeness (QED) is 0.416. The molecule has 29 heavy (non-hydrogen) atoms. The Morgan fingerprint density at radius 1 is 1.07 bits per heavy atom. The number of hydrogen-bond acceptors (Lipinski definition) is 3. The van der Waals surface area contributed by atoms with Crippen LogP contribution < -0.4 is 5.32 Å². The summed E-state index contributed by atoms with van der Waals surface area (Å²) in [5.41, 5.74) is 5.23. The largest absolute Gasteiger partial charge is 0.440 e. The average molecular weight is 405 g/mol. The molecule has 146 valence electrons. The smallest absolute Gasteiger partial charge is 0.255 e. The lowest BCUT2D eigenvalue weighted by Crippen LogP contribution is -2.11. The van der Waals surface area contributed by atoms with Crippen LogP contribution in [0.4, 0.5) is 5.69 Å². The number of nitrogens with zero attached hydrogens (tertiary/aromatic N) is 1. The van der Waals surface area contributed by atoms with Crippen molar-refractivity contribution < 1.29 is 9.21 Å². The molecule has 1 heterocycles. The predicted octanol–water partition coefficient (Wildman–Crippen LogP) is 6.45. The lowest BCUT2D eigenvalue weighted by Gasteiger charge is -2.06. The first-order valence-electron chi connectivity index (χ1n) is 9.53. The third-order valence-electron chi connectivity index (χ3n) is 4.78. The van der Waals surface area contributed by atoms with Crippen molar-refractivity contribution in [2.45, 2.75) is 26.2 Å². The summed E-state index contributed by atoms with van der Waals surface area (Å²) < 4.78 is 5.88. The summed E-state index contributed by atoms with van der Waals surface area (Å²) in [6.07, 6.45) is 0.591. The molecule has 4 nitrogen and oxygen atoms in total. The Morgan fingerprint density at radius 3 is 2.59 bits per heavy atom. The highest BCUT2D eigenvalue weighted by Crippen LogP contribution is 2.23. The molecule has 0 unspecified atom stereocenters. The Hall–Kier alpha value is -3.11. The third-order valence-corrected chi connectivity index (χ3v) is 5.01. The predicted molar refractivity (Wildman–Crippen MR) is 117 cm³/mol. The van der Waals surface area contributed by atoms with Crippen LogP contribution in [0.25, 0.3) is 11.1 Å². The van der Waals surface area contributed by atoms with Gasteiger partial charge in [-0.15, -0.1) is 0 Å². The number of rotatable bonds is 5. The van der Waals surface area contributed by atoms with Gasteiger partial charge in [0.25, 0.3) is 5.91 Å². The van der Waals surface area contributed by atoms with Gasteiger partial charge < -0.3 is 9.73 Å². The Labute approximate surface area is 174 Å². The molecular weight excluding hydrogens is 384 g/mol. The molecule has 1 aromatic heterocycles. The average Bonchev–Trinajstić information content (AvgIpc) is 3.10. The van der Waals surface area contributed by atoms with Crippen LogP contribution in [0.15, 0.2) is 71.1 Å². The summed E-state index contributed by atoms with van der Waals surface area (Å²) in [5.74, 6) is 0.936. The Morgan fingerprint density at radius 2 is 1.86 bits per heavy atom. The van der Waals surface area contributed by atoms with E-state index in [4.69, 9.17) is 16.0 Å². The lowest BCUT2D eigenvalue weighted by molar-refractivity contribution is 0.102. The minimum Gasteiger partial charge on any atom is -0.440 e. The summed E-state index contributed by atoms with van der Waals surface area (Å²) in [5, 5.41) is 3.41. The number of carbonyl (C=O) groups excluding carboxylic acids is 1. The number of fused-ring (bicyclic) bond motifs is 1. The van der Waals surface area contributed by atoms with E-state index in [9.17, 15) is 4.79 Å². The number of oxazole rings is 1. The number of hydrogen-bond donors (Lipinski definition) is 1. The maximum absolute atomic E-state index is 12.3. The van der Waals surface area contributed by atoms with Gasteiger partial charge in [-0.05, 0) is 59.5 Å². The van der Waals surface area contributed by atoms with E-state index in [1.165, 1.54) is 5.56 Å². The molecule has 3 aromatic carbocycles. The van der Waals surface area contributed by atoms with Crippen LogP contribution >= 0.6 is 11.6 Å². The van der Waals surface area contributed by atoms with Crippen LogP contribution in [0.1, 0.15) is 47.1 Å². The van der Waals surface area contributed by atoms with E-state index in [0.717, 1.165) is 22.4 Å². The Kier molecular flexibility index (Phi) is 5.36. The van der Waals surface area contributed by atoms with Gasteiger partial charge in [-0.2, -0.15) is 0 Å². The normalized spacial score (nSPS) is 11.2. The van der Waals surface area contributed by atoms with Crippen LogP contribution in [0.5, 0.6) is 0 Å². The highest BCUT2D eigenvalue weighted by Gasteiger charge is 2.10. The van der Waals surface area contributed by atoms with Gasteiger partial charge in [0, 0.05) is 22.7 Å². The first kappa shape index (κ1) is 19.2. The zero-order valence-electron chi connectivity index (χ0n) is 16.3. The molecule has 0 aliphatic rings. The van der Waals surface area contributed by atoms with Gasteiger partial charge in [-0.1, -0.05) is 49.7 Å². The maximum atomic E-state index is 12.3. The minimum atomic E-state index is -0.194. The van der Waals surface area contributed by atoms with E-state index < -0.39 is 0 Å². The van der Waals surface area contributed by atoms with Gasteiger partial charge in [0.05, 0.1) is 0 Å². The summed E-state index contributed by atoms with van der Waals surface area (Å²) in [4.78, 5) is 16.9. The number of carbonyl (C=O) groups is 1. The van der Waals surface area contributed by atoms with E-state index in [0.29, 0.717) is 28.8 Å². The van der Waals surface area contributed by atoms with E-state index in [1.807, 2.05) is 30.3 Å². The van der Waals surface area contributed by atoms with Gasteiger partial charge in [0.1, 0.15) is 5.52 Å². The fourth-order valence-electron chi connectivity index (χ4n) is 3.14. The fourth-order valence-corrected chi connectivity index (χ4v) is 3.33. The molecule has 4 rings (SSSR count). The zero-order valence-corrected chi connectivity index (χ0v) is 17.0. The van der Waals surface area contributed by atoms with Gasteiger partial charge in [0.15, 0.2) is 11.5 Å². The molecule has 0 radical (unpaired) electrons. The summed E-state index contributed by atoms with van der Waals surface area (Å²) in [7, 11) is 0. The molecule has 1 amide bonds. The number of aromatic nitrogens is 1. The monoisotopic (exact) mass is 404 g/mol. The molecule has 0 aliphatic carbocycles. The van der Waals surface area contributed by atoms with Crippen molar-refractivity contribution >= 4 is 34.3 Å². The number of anilines is 1. The molecule has 4 aromatic rings. The van der Waals surface area contributed by atoms with Crippen molar-refractivity contribution in [3.05, 3.63) is 94.3 Å². The van der Waals surface area contributed by atoms with E-state index in [2.05, 4.69) is 36.3 Å². The fraction of sp³-hybridized carbons (Fsp3) is 0.167. The second-order valence-electron chi connectivity index (χ2n) is 7.33. The molecule has 0 fully saturated rings. The number of nitrogens with one attached hydrogen (secondary N) is 1. The summed E-state index contributed by atoms with van der Waals surface area (Å²) in [6.45, 7) is 4.32. The van der Waals surface area contributed by atoms with Crippen LogP contribution in [0.2, 0.25) is 5.02 Å². The number of halogens is 1. The van der Waals surface area contributed by atoms with Gasteiger partial charge in [0.2, 0.25) is 0 Å². The van der Waals surface area contributed by atoms with Crippen molar-refractivity contribution in [2.75, 3.05) is 5.32 Å². The van der Waals surface area contributed by atoms with Crippen LogP contribution in [0, 0.1) is 0 Å². The first-order valence-corrected chi connectivity index (χ1v) is 9.91. The van der Waals surface area contributed by atoms with Gasteiger partial charge in [-0.25, -0.2) is 4.98 Å². The molecule has 0 bridgehead atoms. The van der Waals surface area contributed by atoms with E-state index in [-0.39, 0.29) is 5.91 Å². The van der Waals surface area contributed by atoms with Crippen molar-refractivity contribution in [3.8, 4) is 0 Å². The SMILES string of the molecule is CC(C)c1ccc2oc(Cc3ccc(NC(=O)c4cccc(Cl)c4)cc3)nc2c1. The van der Waals surface area contributed by atoms with Gasteiger partial charge in [-0.3, -0.25) is 4.79 Å². The first-order chi connectivity index (χ1) is 14.0. The molecule has 0 atom stereocenters. The number of benzene rings is 3. The topological polar surface area (TPSA) is 55.1 Å². The molecule has 0 aliphatic heterocycles. The van der Waals surface area contributed by atoms with Crippen molar-refractivity contribution in [1.82, 2.24) is 4.98 Å². The van der Waals surface area contributed by atoms with Crippen LogP contribution in [-0.2, 0) is 6.42 Å². The van der Waals surface area contributed by atoms with Crippen molar-refractivity contribution in [1.29, 1.82) is 0 Å². The van der Waals surface area contributed by atoms with E-state index in [1.54, 1.807) is 24.3 Å². The highest BCUT2D eigenvalue weighted by molar-refractivity contribution is 6.31. The van der Waals surface area contributed by atoms with Crippen LogP contribution in [0.3, 0.4) is 0 Å². The lowest BCUT2D eigenvalue weighted by atomic mass is 10.0. The molecular formula is C24H21ClN2O2. The third kappa shape index (κ3) is 4.49. The van der Waals surface area contributed by atoms with Crippen LogP contribution in [-0.4, -0.2) is 10.9 Å². The molecule has 0 saturated heterocycles.